The Hall–Kier alpha value is -3.95. The van der Waals surface area contributed by atoms with E-state index >= 15 is 0 Å². The van der Waals surface area contributed by atoms with Crippen LogP contribution in [0.5, 0.6) is 0 Å². The predicted molar refractivity (Wildman–Crippen MR) is 164 cm³/mol. The predicted octanol–water partition coefficient (Wildman–Crippen LogP) is 5.76. The highest BCUT2D eigenvalue weighted by molar-refractivity contribution is 8.00. The van der Waals surface area contributed by atoms with Gasteiger partial charge in [0.1, 0.15) is 18.2 Å². The Balaban J connectivity index is 1.55. The maximum atomic E-state index is 14.6. The Labute approximate surface area is 249 Å². The lowest BCUT2D eigenvalue weighted by Gasteiger charge is -2.24. The van der Waals surface area contributed by atoms with Crippen molar-refractivity contribution in [1.82, 2.24) is 15.1 Å². The van der Waals surface area contributed by atoms with Crippen molar-refractivity contribution in [2.24, 2.45) is 0 Å². The molecule has 4 aromatic rings. The molecule has 1 aromatic heterocycles. The number of halogens is 1. The lowest BCUT2D eigenvalue weighted by molar-refractivity contribution is -0.123. The number of amides is 2. The molecule has 6 rings (SSSR count). The monoisotopic (exact) mass is 584 g/mol. The molecule has 3 aromatic carbocycles. The lowest BCUT2D eigenvalue weighted by atomic mass is 9.99. The van der Waals surface area contributed by atoms with Crippen molar-refractivity contribution in [2.45, 2.75) is 38.0 Å². The second kappa shape index (κ2) is 12.1. The SMILES string of the molecule is Cc1cccc(-n2nc(-c3ccccc3)c3c2N(CC(=O)NC[C@@H]2CCCO2)C(=O)CS[C@H]3c2cccc(F)c2)c1C. The van der Waals surface area contributed by atoms with E-state index in [1.807, 2.05) is 68.4 Å². The minimum atomic E-state index is -0.395. The van der Waals surface area contributed by atoms with Crippen molar-refractivity contribution in [1.29, 1.82) is 0 Å². The molecular formula is C33H33FN4O3S. The number of hydrogen-bond donors (Lipinski definition) is 1. The normalized spacial score (nSPS) is 18.5. The molecule has 1 fully saturated rings. The summed E-state index contributed by atoms with van der Waals surface area (Å²) in [4.78, 5) is 28.8. The van der Waals surface area contributed by atoms with Gasteiger partial charge in [-0.05, 0) is 61.6 Å². The van der Waals surface area contributed by atoms with E-state index < -0.39 is 5.25 Å². The number of fused-ring (bicyclic) bond motifs is 1. The van der Waals surface area contributed by atoms with E-state index in [9.17, 15) is 14.0 Å². The number of aromatic nitrogens is 2. The summed E-state index contributed by atoms with van der Waals surface area (Å²) in [6.45, 7) is 4.99. The van der Waals surface area contributed by atoms with Gasteiger partial charge in [-0.3, -0.25) is 14.5 Å². The summed E-state index contributed by atoms with van der Waals surface area (Å²) in [6, 6.07) is 22.3. The number of carbonyl (C=O) groups is 2. The highest BCUT2D eigenvalue weighted by atomic mass is 32.2. The van der Waals surface area contributed by atoms with Crippen LogP contribution >= 0.6 is 11.8 Å². The maximum Gasteiger partial charge on any atom is 0.240 e. The summed E-state index contributed by atoms with van der Waals surface area (Å²) in [6.07, 6.45) is 1.87. The molecule has 9 heteroatoms. The number of nitrogens with one attached hydrogen (secondary N) is 1. The first-order chi connectivity index (χ1) is 20.4. The average molecular weight is 585 g/mol. The fourth-order valence-corrected chi connectivity index (χ4v) is 6.81. The topological polar surface area (TPSA) is 76.5 Å². The number of nitrogens with zero attached hydrogens (tertiary/aromatic N) is 3. The van der Waals surface area contributed by atoms with Gasteiger partial charge < -0.3 is 10.1 Å². The van der Waals surface area contributed by atoms with Crippen LogP contribution < -0.4 is 10.2 Å². The third-order valence-corrected chi connectivity index (χ3v) is 9.20. The standard InChI is InChI=1S/C33H33FN4O3S/c1-21-9-6-15-27(22(21)2)38-33-30(31(36-38)23-10-4-3-5-11-23)32(24-12-7-13-25(34)17-24)42-20-29(40)37(33)19-28(39)35-18-26-14-8-16-41-26/h3-7,9-13,15,17,26,32H,8,14,16,18-20H2,1-2H3,(H,35,39)/t26-,32-/m0/s1. The zero-order valence-corrected chi connectivity index (χ0v) is 24.5. The minimum Gasteiger partial charge on any atom is -0.376 e. The molecule has 2 amide bonds. The average Bonchev–Trinajstić information content (AvgIpc) is 3.63. The van der Waals surface area contributed by atoms with Crippen LogP contribution in [0.4, 0.5) is 10.2 Å². The van der Waals surface area contributed by atoms with Gasteiger partial charge in [0, 0.05) is 24.3 Å². The molecule has 7 nitrogen and oxygen atoms in total. The maximum absolute atomic E-state index is 14.6. The largest absolute Gasteiger partial charge is 0.376 e. The van der Waals surface area contributed by atoms with Crippen LogP contribution in [-0.2, 0) is 14.3 Å². The van der Waals surface area contributed by atoms with Crippen LogP contribution in [0.15, 0.2) is 72.8 Å². The second-order valence-corrected chi connectivity index (χ2v) is 11.8. The van der Waals surface area contributed by atoms with E-state index in [1.165, 1.54) is 23.9 Å². The molecule has 216 valence electrons. The smallest absolute Gasteiger partial charge is 0.240 e. The van der Waals surface area contributed by atoms with Gasteiger partial charge in [0.25, 0.3) is 0 Å². The van der Waals surface area contributed by atoms with Crippen LogP contribution in [0.25, 0.3) is 16.9 Å². The highest BCUT2D eigenvalue weighted by Gasteiger charge is 2.38. The first-order valence-electron chi connectivity index (χ1n) is 14.2. The third-order valence-electron chi connectivity index (χ3n) is 7.94. The highest BCUT2D eigenvalue weighted by Crippen LogP contribution is 2.48. The van der Waals surface area contributed by atoms with E-state index in [-0.39, 0.29) is 36.0 Å². The fraction of sp³-hybridized carbons (Fsp3) is 0.303. The van der Waals surface area contributed by atoms with Crippen molar-refractivity contribution in [2.75, 3.05) is 30.3 Å². The third kappa shape index (κ3) is 5.58. The first-order valence-corrected chi connectivity index (χ1v) is 15.3. The number of aryl methyl sites for hydroxylation is 1. The molecule has 42 heavy (non-hydrogen) atoms. The Morgan fingerprint density at radius 2 is 1.90 bits per heavy atom. The summed E-state index contributed by atoms with van der Waals surface area (Å²) in [5, 5.41) is 7.71. The van der Waals surface area contributed by atoms with Crippen molar-refractivity contribution in [3.8, 4) is 16.9 Å². The van der Waals surface area contributed by atoms with Crippen LogP contribution in [0, 0.1) is 19.7 Å². The Morgan fingerprint density at radius 3 is 2.67 bits per heavy atom. The Morgan fingerprint density at radius 1 is 1.10 bits per heavy atom. The van der Waals surface area contributed by atoms with Gasteiger partial charge in [0.05, 0.1) is 28.5 Å². The van der Waals surface area contributed by atoms with Gasteiger partial charge in [-0.1, -0.05) is 54.6 Å². The molecule has 2 atom stereocenters. The molecule has 3 heterocycles. The molecule has 1 saturated heterocycles. The van der Waals surface area contributed by atoms with E-state index in [0.29, 0.717) is 24.7 Å². The number of ether oxygens (including phenoxy) is 1. The molecular weight excluding hydrogens is 551 g/mol. The minimum absolute atomic E-state index is 0.0117. The molecule has 2 aliphatic rings. The van der Waals surface area contributed by atoms with E-state index in [4.69, 9.17) is 9.84 Å². The zero-order valence-electron chi connectivity index (χ0n) is 23.7. The number of anilines is 1. The zero-order chi connectivity index (χ0) is 29.2. The van der Waals surface area contributed by atoms with Gasteiger partial charge >= 0.3 is 0 Å². The van der Waals surface area contributed by atoms with Crippen LogP contribution in [0.1, 0.15) is 40.3 Å². The van der Waals surface area contributed by atoms with Crippen molar-refractivity contribution in [3.05, 3.63) is 101 Å². The van der Waals surface area contributed by atoms with Crippen molar-refractivity contribution < 1.29 is 18.7 Å². The number of carbonyl (C=O) groups excluding carboxylic acids is 2. The second-order valence-electron chi connectivity index (χ2n) is 10.7. The summed E-state index contributed by atoms with van der Waals surface area (Å²) in [5.74, 6) is -0.180. The first kappa shape index (κ1) is 28.2. The number of thioether (sulfide) groups is 1. The van der Waals surface area contributed by atoms with Crippen molar-refractivity contribution in [3.63, 3.8) is 0 Å². The van der Waals surface area contributed by atoms with Gasteiger partial charge in [0.15, 0.2) is 0 Å². The summed E-state index contributed by atoms with van der Waals surface area (Å²) < 4.78 is 22.0. The van der Waals surface area contributed by atoms with Gasteiger partial charge in [0.2, 0.25) is 11.8 Å². The van der Waals surface area contributed by atoms with Gasteiger partial charge in [-0.2, -0.15) is 5.10 Å². The number of benzene rings is 3. The van der Waals surface area contributed by atoms with Crippen LogP contribution in [-0.4, -0.2) is 53.1 Å². The summed E-state index contributed by atoms with van der Waals surface area (Å²) in [7, 11) is 0. The van der Waals surface area contributed by atoms with Crippen molar-refractivity contribution >= 4 is 29.4 Å². The molecule has 0 spiro atoms. The van der Waals surface area contributed by atoms with Gasteiger partial charge in [-0.25, -0.2) is 9.07 Å². The van der Waals surface area contributed by atoms with E-state index in [0.717, 1.165) is 46.3 Å². The van der Waals surface area contributed by atoms with Crippen LogP contribution in [0.2, 0.25) is 0 Å². The van der Waals surface area contributed by atoms with E-state index in [2.05, 4.69) is 5.32 Å². The fourth-order valence-electron chi connectivity index (χ4n) is 5.63. The van der Waals surface area contributed by atoms with Gasteiger partial charge in [-0.15, -0.1) is 11.8 Å². The molecule has 0 unspecified atom stereocenters. The number of hydrogen-bond acceptors (Lipinski definition) is 5. The number of rotatable bonds is 7. The quantitative estimate of drug-likeness (QED) is 0.299. The molecule has 0 aliphatic carbocycles. The molecule has 0 bridgehead atoms. The Bertz CT molecular complexity index is 1620. The molecule has 0 radical (unpaired) electrons. The molecule has 0 saturated carbocycles. The summed E-state index contributed by atoms with van der Waals surface area (Å²) in [5.41, 5.74) is 5.97. The van der Waals surface area contributed by atoms with E-state index in [1.54, 1.807) is 15.6 Å². The Kier molecular flexibility index (Phi) is 8.13. The van der Waals surface area contributed by atoms with Crippen LogP contribution in [0.3, 0.4) is 0 Å². The molecule has 2 aliphatic heterocycles. The summed E-state index contributed by atoms with van der Waals surface area (Å²) >= 11 is 1.42. The lowest BCUT2D eigenvalue weighted by Crippen LogP contribution is -2.44. The molecule has 1 N–H and O–H groups in total.